The van der Waals surface area contributed by atoms with Crippen LogP contribution in [0.3, 0.4) is 0 Å². The minimum atomic E-state index is -1.68. The summed E-state index contributed by atoms with van der Waals surface area (Å²) in [6.07, 6.45) is 0.577. The van der Waals surface area contributed by atoms with Gasteiger partial charge in [-0.1, -0.05) is 0 Å². The van der Waals surface area contributed by atoms with Gasteiger partial charge in [0.2, 0.25) is 0 Å². The van der Waals surface area contributed by atoms with E-state index in [9.17, 15) is 13.4 Å². The average Bonchev–Trinajstić information content (AvgIpc) is 2.70. The van der Waals surface area contributed by atoms with Crippen LogP contribution < -0.4 is 14.9 Å². The quantitative estimate of drug-likeness (QED) is 0.516. The van der Waals surface area contributed by atoms with Crippen molar-refractivity contribution in [3.05, 3.63) is 54.3 Å². The number of rotatable bonds is 6. The van der Waals surface area contributed by atoms with Crippen LogP contribution in [0.1, 0.15) is 12.8 Å². The molecular weight excluding hydrogens is 375 g/mol. The lowest BCUT2D eigenvalue weighted by atomic mass is 9.91. The highest BCUT2D eigenvalue weighted by atomic mass is 32.2. The van der Waals surface area contributed by atoms with Gasteiger partial charge in [0.25, 0.3) is 5.91 Å². The Morgan fingerprint density at radius 2 is 1.63 bits per heavy atom. The van der Waals surface area contributed by atoms with Gasteiger partial charge >= 0.3 is 0 Å². The summed E-state index contributed by atoms with van der Waals surface area (Å²) in [5, 5.41) is 9.01. The topological polar surface area (TPSA) is 96.9 Å². The lowest BCUT2D eigenvalue weighted by molar-refractivity contribution is -0.139. The van der Waals surface area contributed by atoms with Crippen molar-refractivity contribution in [1.29, 1.82) is 0 Å². The molecule has 0 spiro atoms. The van der Waals surface area contributed by atoms with E-state index in [-0.39, 0.29) is 18.7 Å². The third kappa shape index (κ3) is 4.69. The predicted molar refractivity (Wildman–Crippen MR) is 95.2 cm³/mol. The van der Waals surface area contributed by atoms with Gasteiger partial charge < -0.3 is 9.47 Å². The molecule has 1 fully saturated rings. The molecule has 2 aromatic rings. The zero-order chi connectivity index (χ0) is 19.3. The fraction of sp³-hybridized carbons (Fsp3) is 0.278. The van der Waals surface area contributed by atoms with Gasteiger partial charge in [-0.05, 0) is 61.4 Å². The first-order valence-electron chi connectivity index (χ1n) is 8.28. The first-order chi connectivity index (χ1) is 13.0. The Morgan fingerprint density at radius 3 is 2.19 bits per heavy atom. The number of amides is 1. The van der Waals surface area contributed by atoms with Crippen molar-refractivity contribution in [3.63, 3.8) is 0 Å². The number of hydrogen-bond acceptors (Lipinski definition) is 5. The van der Waals surface area contributed by atoms with Crippen molar-refractivity contribution >= 4 is 16.9 Å². The molecule has 0 aromatic heterocycles. The predicted octanol–water partition coefficient (Wildman–Crippen LogP) is 2.28. The van der Waals surface area contributed by atoms with E-state index < -0.39 is 22.4 Å². The van der Waals surface area contributed by atoms with Gasteiger partial charge in [0.05, 0.1) is 4.90 Å². The lowest BCUT2D eigenvalue weighted by Gasteiger charge is -2.35. The summed E-state index contributed by atoms with van der Waals surface area (Å²) in [6, 6.07) is 12.1. The fourth-order valence-electron chi connectivity index (χ4n) is 2.71. The molecule has 1 unspecified atom stereocenters. The minimum absolute atomic E-state index is 0.289. The molecule has 1 aliphatic heterocycles. The van der Waals surface area contributed by atoms with Crippen molar-refractivity contribution in [2.24, 2.45) is 0 Å². The third-order valence-electron chi connectivity index (χ3n) is 4.26. The number of ether oxygens (including phenoxy) is 2. The highest BCUT2D eigenvalue weighted by Gasteiger charge is 2.41. The van der Waals surface area contributed by atoms with Gasteiger partial charge in [-0.15, -0.1) is 0 Å². The van der Waals surface area contributed by atoms with Crippen LogP contribution in [0.25, 0.3) is 0 Å². The minimum Gasteiger partial charge on any atom is -0.457 e. The number of benzene rings is 2. The molecule has 1 atom stereocenters. The lowest BCUT2D eigenvalue weighted by Crippen LogP contribution is -2.59. The van der Waals surface area contributed by atoms with Gasteiger partial charge in [0.15, 0.2) is 0 Å². The molecule has 3 N–H and O–H groups in total. The SMILES string of the molecule is O=C(NO)C1(NS(=O)c2ccc(Oc3ccc(F)cc3)cc2)CCOCC1. The molecule has 144 valence electrons. The van der Waals surface area contributed by atoms with Crippen LogP contribution in [-0.2, 0) is 20.5 Å². The first-order valence-corrected chi connectivity index (χ1v) is 9.43. The molecule has 27 heavy (non-hydrogen) atoms. The highest BCUT2D eigenvalue weighted by molar-refractivity contribution is 7.83. The second-order valence-corrected chi connectivity index (χ2v) is 7.25. The molecule has 0 bridgehead atoms. The Labute approximate surface area is 158 Å². The maximum atomic E-state index is 12.9. The number of nitrogens with one attached hydrogen (secondary N) is 2. The van der Waals surface area contributed by atoms with E-state index in [1.54, 1.807) is 29.7 Å². The Morgan fingerprint density at radius 1 is 1.07 bits per heavy atom. The van der Waals surface area contributed by atoms with Crippen molar-refractivity contribution in [2.75, 3.05) is 13.2 Å². The van der Waals surface area contributed by atoms with Gasteiger partial charge in [-0.3, -0.25) is 10.0 Å². The van der Waals surface area contributed by atoms with Crippen LogP contribution in [0.15, 0.2) is 53.4 Å². The highest BCUT2D eigenvalue weighted by Crippen LogP contribution is 2.25. The van der Waals surface area contributed by atoms with Crippen LogP contribution in [0.2, 0.25) is 0 Å². The molecule has 3 rings (SSSR count). The Kier molecular flexibility index (Phi) is 6.17. The van der Waals surface area contributed by atoms with Gasteiger partial charge in [0.1, 0.15) is 33.8 Å². The Bertz CT molecular complexity index is 808. The Hall–Kier alpha value is -2.33. The summed E-state index contributed by atoms with van der Waals surface area (Å²) < 4.78 is 39.2. The van der Waals surface area contributed by atoms with Crippen molar-refractivity contribution < 1.29 is 28.1 Å². The largest absolute Gasteiger partial charge is 0.457 e. The van der Waals surface area contributed by atoms with Crippen molar-refractivity contribution in [3.8, 4) is 11.5 Å². The zero-order valence-corrected chi connectivity index (χ0v) is 15.1. The van der Waals surface area contributed by atoms with Crippen molar-refractivity contribution in [1.82, 2.24) is 10.2 Å². The normalized spacial score (nSPS) is 17.1. The molecule has 1 saturated heterocycles. The van der Waals surface area contributed by atoms with Crippen molar-refractivity contribution in [2.45, 2.75) is 23.3 Å². The second-order valence-electron chi connectivity index (χ2n) is 6.03. The van der Waals surface area contributed by atoms with E-state index in [0.717, 1.165) is 0 Å². The molecule has 1 heterocycles. The van der Waals surface area contributed by atoms with Crippen LogP contribution in [-0.4, -0.2) is 34.1 Å². The van der Waals surface area contributed by atoms with E-state index in [2.05, 4.69) is 4.72 Å². The summed E-state index contributed by atoms with van der Waals surface area (Å²) in [4.78, 5) is 12.5. The van der Waals surface area contributed by atoms with Crippen LogP contribution in [0.5, 0.6) is 11.5 Å². The third-order valence-corrected chi connectivity index (χ3v) is 5.53. The van der Waals surface area contributed by atoms with E-state index in [1.165, 1.54) is 24.3 Å². The molecule has 9 heteroatoms. The van der Waals surface area contributed by atoms with E-state index in [1.807, 2.05) is 0 Å². The average molecular weight is 394 g/mol. The van der Waals surface area contributed by atoms with E-state index >= 15 is 0 Å². The van der Waals surface area contributed by atoms with Gasteiger partial charge in [0, 0.05) is 13.2 Å². The molecule has 0 saturated carbocycles. The molecule has 1 amide bonds. The number of carbonyl (C=O) groups is 1. The van der Waals surface area contributed by atoms with E-state index in [0.29, 0.717) is 29.6 Å². The number of hydrogen-bond donors (Lipinski definition) is 3. The van der Waals surface area contributed by atoms with Gasteiger partial charge in [-0.25, -0.2) is 18.8 Å². The number of hydroxylamine groups is 1. The molecule has 0 radical (unpaired) electrons. The molecule has 7 nitrogen and oxygen atoms in total. The molecule has 2 aromatic carbocycles. The summed E-state index contributed by atoms with van der Waals surface area (Å²) >= 11 is 0. The smallest absolute Gasteiger partial charge is 0.264 e. The Balaban J connectivity index is 1.69. The van der Waals surface area contributed by atoms with E-state index in [4.69, 9.17) is 14.7 Å². The molecule has 0 aliphatic carbocycles. The summed E-state index contributed by atoms with van der Waals surface area (Å²) in [5.41, 5.74) is 0.469. The van der Waals surface area contributed by atoms with Crippen LogP contribution in [0, 0.1) is 5.82 Å². The summed E-state index contributed by atoms with van der Waals surface area (Å²) in [5.74, 6) is -0.0241. The maximum absolute atomic E-state index is 12.9. The van der Waals surface area contributed by atoms with Gasteiger partial charge in [-0.2, -0.15) is 0 Å². The summed E-state index contributed by atoms with van der Waals surface area (Å²) in [6.45, 7) is 0.643. The number of halogens is 1. The van der Waals surface area contributed by atoms with Crippen LogP contribution >= 0.6 is 0 Å². The standard InChI is InChI=1S/C18H19FN2O5S/c19-13-1-3-14(4-2-13)26-15-5-7-16(8-6-15)27(24)21-18(17(22)20-23)9-11-25-12-10-18/h1-8,21,23H,9-12H2,(H,20,22). The van der Waals surface area contributed by atoms with Crippen LogP contribution in [0.4, 0.5) is 4.39 Å². The summed E-state index contributed by atoms with van der Waals surface area (Å²) in [7, 11) is -1.68. The second kappa shape index (κ2) is 8.57. The monoisotopic (exact) mass is 394 g/mol. The fourth-order valence-corrected chi connectivity index (χ4v) is 3.86. The first kappa shape index (κ1) is 19.4. The zero-order valence-electron chi connectivity index (χ0n) is 14.3. The molecule has 1 aliphatic rings. The maximum Gasteiger partial charge on any atom is 0.264 e. The number of carbonyl (C=O) groups excluding carboxylic acids is 1. The molecular formula is C18H19FN2O5S.